The summed E-state index contributed by atoms with van der Waals surface area (Å²) in [5.41, 5.74) is 2.43. The number of hydrogen-bond donors (Lipinski definition) is 1. The van der Waals surface area contributed by atoms with Gasteiger partial charge in [-0.05, 0) is 26.3 Å². The smallest absolute Gasteiger partial charge is 0.339 e. The number of nitrogens with one attached hydrogen (secondary N) is 1. The first-order chi connectivity index (χ1) is 21.2. The molecule has 0 spiro atoms. The van der Waals surface area contributed by atoms with Gasteiger partial charge >= 0.3 is 12.0 Å². The van der Waals surface area contributed by atoms with E-state index in [0.717, 1.165) is 16.7 Å². The van der Waals surface area contributed by atoms with Crippen molar-refractivity contribution >= 4 is 17.7 Å². The minimum absolute atomic E-state index is 0.00258. The van der Waals surface area contributed by atoms with Crippen molar-refractivity contribution in [2.45, 2.75) is 38.8 Å². The van der Waals surface area contributed by atoms with Crippen LogP contribution in [0.3, 0.4) is 0 Å². The highest BCUT2D eigenvalue weighted by molar-refractivity contribution is 6.13. The Morgan fingerprint density at radius 1 is 0.841 bits per heavy atom. The maximum absolute atomic E-state index is 13.9. The number of nitrogens with zero attached hydrogens (tertiary/aromatic N) is 3. The fourth-order valence-corrected chi connectivity index (χ4v) is 4.25. The molecular formula is C37H42N4O3. The maximum Gasteiger partial charge on any atom is 0.339 e. The monoisotopic (exact) mass is 590 g/mol. The quantitative estimate of drug-likeness (QED) is 0.0861. The average molecular weight is 591 g/mol. The van der Waals surface area contributed by atoms with Gasteiger partial charge in [0.25, 0.3) is 0 Å². The number of carbonyl (C=O) groups excluding carboxylic acids is 2. The first-order valence-corrected chi connectivity index (χ1v) is 14.6. The van der Waals surface area contributed by atoms with Gasteiger partial charge in [-0.15, -0.1) is 13.2 Å². The van der Waals surface area contributed by atoms with Gasteiger partial charge in [0.05, 0.1) is 12.3 Å². The first-order valence-electron chi connectivity index (χ1n) is 14.6. The second-order valence-corrected chi connectivity index (χ2v) is 11.1. The predicted octanol–water partition coefficient (Wildman–Crippen LogP) is 6.08. The number of carbonyl (C=O) groups is 2. The molecule has 3 aromatic carbocycles. The molecule has 0 bridgehead atoms. The van der Waals surface area contributed by atoms with Crippen molar-refractivity contribution in [2.75, 3.05) is 26.2 Å². The highest BCUT2D eigenvalue weighted by Crippen LogP contribution is 2.15. The van der Waals surface area contributed by atoms with E-state index in [-0.39, 0.29) is 13.0 Å². The third-order valence-electron chi connectivity index (χ3n) is 6.25. The lowest BCUT2D eigenvalue weighted by molar-refractivity contribution is -0.157. The summed E-state index contributed by atoms with van der Waals surface area (Å²) in [6.07, 6.45) is 3.88. The summed E-state index contributed by atoms with van der Waals surface area (Å²) >= 11 is 0. The number of benzene rings is 3. The Morgan fingerprint density at radius 3 is 1.84 bits per heavy atom. The summed E-state index contributed by atoms with van der Waals surface area (Å²) in [7, 11) is 0. The molecule has 44 heavy (non-hydrogen) atoms. The lowest BCUT2D eigenvalue weighted by Crippen LogP contribution is -2.49. The van der Waals surface area contributed by atoms with Crippen LogP contribution in [0.25, 0.3) is 0 Å². The molecule has 0 unspecified atom stereocenters. The van der Waals surface area contributed by atoms with Gasteiger partial charge in [0, 0.05) is 30.6 Å². The Balaban J connectivity index is 1.99. The summed E-state index contributed by atoms with van der Waals surface area (Å²) in [6, 6.07) is 27.3. The standard InChI is InChI=1S/C37H42N4O3/c1-6-25-40(26-7-2)27-17-18-28-41(39-34(31-21-13-9-14-22-31)32-23-15-10-16-24-32)36(43)38-33(35(42)44-37(3,4)5)29-30-19-11-8-12-20-30/h6-16,19-24,33H,1-2,25-29H2,3-5H3,(H,38,43)/t33-/m1/s1. The zero-order valence-corrected chi connectivity index (χ0v) is 25.9. The summed E-state index contributed by atoms with van der Waals surface area (Å²) in [5, 5.41) is 9.00. The van der Waals surface area contributed by atoms with Crippen LogP contribution in [0.5, 0.6) is 0 Å². The van der Waals surface area contributed by atoms with E-state index < -0.39 is 23.6 Å². The third-order valence-corrected chi connectivity index (χ3v) is 6.25. The molecule has 3 rings (SSSR count). The Hall–Kier alpha value is -4.93. The Labute approximate surface area is 261 Å². The second-order valence-electron chi connectivity index (χ2n) is 11.1. The molecule has 0 aliphatic rings. The highest BCUT2D eigenvalue weighted by Gasteiger charge is 2.29. The van der Waals surface area contributed by atoms with Gasteiger partial charge in [-0.2, -0.15) is 5.10 Å². The van der Waals surface area contributed by atoms with Gasteiger partial charge in [-0.3, -0.25) is 4.90 Å². The zero-order valence-electron chi connectivity index (χ0n) is 25.9. The predicted molar refractivity (Wildman–Crippen MR) is 178 cm³/mol. The molecule has 228 valence electrons. The van der Waals surface area contributed by atoms with Crippen molar-refractivity contribution in [3.8, 4) is 11.8 Å². The van der Waals surface area contributed by atoms with Crippen molar-refractivity contribution < 1.29 is 14.3 Å². The topological polar surface area (TPSA) is 74.2 Å². The summed E-state index contributed by atoms with van der Waals surface area (Å²) in [5.74, 6) is 5.70. The molecule has 1 atom stereocenters. The fraction of sp³-hybridized carbons (Fsp3) is 0.270. The van der Waals surface area contributed by atoms with Crippen LogP contribution >= 0.6 is 0 Å². The second kappa shape index (κ2) is 17.3. The molecule has 0 radical (unpaired) electrons. The lowest BCUT2D eigenvalue weighted by Gasteiger charge is -2.26. The van der Waals surface area contributed by atoms with Gasteiger partial charge in [-0.25, -0.2) is 14.6 Å². The van der Waals surface area contributed by atoms with Gasteiger partial charge in [-0.1, -0.05) is 115 Å². The largest absolute Gasteiger partial charge is 0.458 e. The van der Waals surface area contributed by atoms with Crippen LogP contribution in [0.2, 0.25) is 0 Å². The minimum atomic E-state index is -0.942. The highest BCUT2D eigenvalue weighted by atomic mass is 16.6. The first kappa shape index (κ1) is 33.6. The van der Waals surface area contributed by atoms with Crippen molar-refractivity contribution in [2.24, 2.45) is 5.10 Å². The van der Waals surface area contributed by atoms with Crippen molar-refractivity contribution in [3.05, 3.63) is 133 Å². The lowest BCUT2D eigenvalue weighted by atomic mass is 10.0. The molecule has 7 nitrogen and oxygen atoms in total. The van der Waals surface area contributed by atoms with E-state index >= 15 is 0 Å². The van der Waals surface area contributed by atoms with E-state index in [1.165, 1.54) is 5.01 Å². The number of hydrazone groups is 1. The molecule has 1 N–H and O–H groups in total. The number of ether oxygens (including phenoxy) is 1. The molecule has 0 fully saturated rings. The average Bonchev–Trinajstić information content (AvgIpc) is 3.01. The SMILES string of the molecule is C=CCN(CC#CCN(N=C(c1ccccc1)c1ccccc1)C(=O)N[C@H](Cc1ccccc1)C(=O)OC(C)(C)C)CC=C. The molecule has 2 amide bonds. The molecule has 3 aromatic rings. The third kappa shape index (κ3) is 11.4. The van der Waals surface area contributed by atoms with Crippen LogP contribution in [0.15, 0.2) is 121 Å². The van der Waals surface area contributed by atoms with Crippen molar-refractivity contribution in [3.63, 3.8) is 0 Å². The van der Waals surface area contributed by atoms with Crippen LogP contribution in [0, 0.1) is 11.8 Å². The molecular weight excluding hydrogens is 548 g/mol. The number of hydrogen-bond acceptors (Lipinski definition) is 5. The summed E-state index contributed by atoms with van der Waals surface area (Å²) in [4.78, 5) is 29.3. The molecule has 7 heteroatoms. The van der Waals surface area contributed by atoms with Crippen molar-refractivity contribution in [1.29, 1.82) is 0 Å². The van der Waals surface area contributed by atoms with Crippen LogP contribution in [-0.4, -0.2) is 65.4 Å². The molecule has 0 aromatic heterocycles. The normalized spacial score (nSPS) is 11.4. The van der Waals surface area contributed by atoms with E-state index in [4.69, 9.17) is 9.84 Å². The fourth-order valence-electron chi connectivity index (χ4n) is 4.25. The van der Waals surface area contributed by atoms with E-state index in [2.05, 4.69) is 35.2 Å². The Kier molecular flexibility index (Phi) is 13.2. The maximum atomic E-state index is 13.9. The minimum Gasteiger partial charge on any atom is -0.458 e. The van der Waals surface area contributed by atoms with Gasteiger partial charge in [0.1, 0.15) is 18.2 Å². The molecule has 0 heterocycles. The van der Waals surface area contributed by atoms with E-state index in [1.807, 2.05) is 103 Å². The van der Waals surface area contributed by atoms with Gasteiger partial charge < -0.3 is 10.1 Å². The Morgan fingerprint density at radius 2 is 1.34 bits per heavy atom. The van der Waals surface area contributed by atoms with E-state index in [1.54, 1.807) is 20.8 Å². The molecule has 0 saturated carbocycles. The molecule has 0 aliphatic carbocycles. The van der Waals surface area contributed by atoms with Gasteiger partial charge in [0.2, 0.25) is 0 Å². The number of amides is 2. The van der Waals surface area contributed by atoms with Crippen LogP contribution in [0.4, 0.5) is 4.79 Å². The molecule has 0 aliphatic heterocycles. The van der Waals surface area contributed by atoms with Crippen LogP contribution in [-0.2, 0) is 16.0 Å². The number of esters is 1. The number of rotatable bonds is 13. The number of urea groups is 1. The van der Waals surface area contributed by atoms with E-state index in [9.17, 15) is 9.59 Å². The Bertz CT molecular complexity index is 1400. The zero-order chi connectivity index (χ0) is 31.8. The van der Waals surface area contributed by atoms with E-state index in [0.29, 0.717) is 25.3 Å². The van der Waals surface area contributed by atoms with Crippen LogP contribution in [0.1, 0.15) is 37.5 Å². The molecule has 0 saturated heterocycles. The van der Waals surface area contributed by atoms with Crippen LogP contribution < -0.4 is 5.32 Å². The van der Waals surface area contributed by atoms with Gasteiger partial charge in [0.15, 0.2) is 0 Å². The summed E-state index contributed by atoms with van der Waals surface area (Å²) < 4.78 is 5.69. The summed E-state index contributed by atoms with van der Waals surface area (Å²) in [6.45, 7) is 14.8. The van der Waals surface area contributed by atoms with Crippen molar-refractivity contribution in [1.82, 2.24) is 15.2 Å².